The quantitative estimate of drug-likeness (QED) is 0.739. The fourth-order valence-corrected chi connectivity index (χ4v) is 5.43. The summed E-state index contributed by atoms with van der Waals surface area (Å²) in [6, 6.07) is 3.24. The van der Waals surface area contributed by atoms with Gasteiger partial charge in [-0.25, -0.2) is 8.78 Å². The number of hydrogen-bond donors (Lipinski definition) is 2. The average Bonchev–Trinajstić information content (AvgIpc) is 2.87. The molecule has 156 valence electrons. The zero-order valence-corrected chi connectivity index (χ0v) is 16.4. The average molecular weight is 403 g/mol. The van der Waals surface area contributed by atoms with E-state index in [4.69, 9.17) is 5.73 Å². The third-order valence-corrected chi connectivity index (χ3v) is 6.82. The number of H-pyrrole nitrogens is 1. The summed E-state index contributed by atoms with van der Waals surface area (Å²) in [7, 11) is 0. The lowest BCUT2D eigenvalue weighted by Crippen LogP contribution is -2.27. The zero-order chi connectivity index (χ0) is 20.6. The largest absolute Gasteiger partial charge is 0.364 e. The zero-order valence-electron chi connectivity index (χ0n) is 16.4. The van der Waals surface area contributed by atoms with Crippen molar-refractivity contribution in [1.82, 2.24) is 9.97 Å². The second kappa shape index (κ2) is 7.84. The molecule has 5 nitrogen and oxygen atoms in total. The minimum atomic E-state index is -2.55. The van der Waals surface area contributed by atoms with Crippen LogP contribution in [0.5, 0.6) is 0 Å². The first kappa shape index (κ1) is 20.0. The number of aromatic amines is 1. The number of pyridine rings is 2. The van der Waals surface area contributed by atoms with E-state index in [1.807, 2.05) is 0 Å². The summed E-state index contributed by atoms with van der Waals surface area (Å²) in [6.45, 7) is 0. The Morgan fingerprint density at radius 1 is 1.14 bits per heavy atom. The van der Waals surface area contributed by atoms with Gasteiger partial charge in [0.1, 0.15) is 5.69 Å². The second-order valence-corrected chi connectivity index (χ2v) is 8.64. The highest BCUT2D eigenvalue weighted by atomic mass is 19.3. The molecule has 1 amide bonds. The number of hydrogen-bond acceptors (Lipinski definition) is 3. The number of nitrogens with two attached hydrogens (primary N) is 1. The standard InChI is InChI=1S/C22H27F2N3O2/c23-22(24)9-3-4-13(7-10-22)14-5-1-2-6-15(14)17-12-18(28)19-16(27-17)8-11-26-20(19)21(25)29/h8,11-15H,1-7,9-10H2,(H2,25,29)(H,27,28)/t13-,14+,15?/m0/s1. The maximum atomic E-state index is 13.9. The summed E-state index contributed by atoms with van der Waals surface area (Å²) in [5, 5.41) is 0.213. The first-order valence-electron chi connectivity index (χ1n) is 10.6. The molecule has 29 heavy (non-hydrogen) atoms. The van der Waals surface area contributed by atoms with Gasteiger partial charge < -0.3 is 10.7 Å². The van der Waals surface area contributed by atoms with Crippen LogP contribution in [0.4, 0.5) is 8.78 Å². The van der Waals surface area contributed by atoms with Crippen molar-refractivity contribution in [2.45, 2.75) is 69.6 Å². The Morgan fingerprint density at radius 2 is 1.93 bits per heavy atom. The van der Waals surface area contributed by atoms with Gasteiger partial charge in [-0.3, -0.25) is 14.6 Å². The molecule has 2 fully saturated rings. The fourth-order valence-electron chi connectivity index (χ4n) is 5.43. The van der Waals surface area contributed by atoms with E-state index in [0.29, 0.717) is 24.3 Å². The van der Waals surface area contributed by atoms with Crippen LogP contribution in [-0.2, 0) is 0 Å². The molecule has 2 aliphatic rings. The number of fused-ring (bicyclic) bond motifs is 1. The molecule has 0 saturated heterocycles. The van der Waals surface area contributed by atoms with Crippen LogP contribution in [-0.4, -0.2) is 21.8 Å². The number of amides is 1. The van der Waals surface area contributed by atoms with Crippen molar-refractivity contribution < 1.29 is 13.6 Å². The molecule has 0 radical (unpaired) electrons. The number of carbonyl (C=O) groups excluding carboxylic acids is 1. The molecular formula is C22H27F2N3O2. The molecule has 2 aliphatic carbocycles. The van der Waals surface area contributed by atoms with E-state index in [2.05, 4.69) is 9.97 Å². The maximum absolute atomic E-state index is 13.9. The van der Waals surface area contributed by atoms with Crippen molar-refractivity contribution in [2.75, 3.05) is 0 Å². The molecule has 4 rings (SSSR count). The molecule has 1 unspecified atom stereocenters. The van der Waals surface area contributed by atoms with Crippen LogP contribution in [0.25, 0.3) is 10.9 Å². The lowest BCUT2D eigenvalue weighted by atomic mass is 9.69. The highest BCUT2D eigenvalue weighted by Crippen LogP contribution is 2.47. The fraction of sp³-hybridized carbons (Fsp3) is 0.591. The van der Waals surface area contributed by atoms with E-state index in [-0.39, 0.29) is 41.2 Å². The van der Waals surface area contributed by atoms with Gasteiger partial charge in [0.25, 0.3) is 5.91 Å². The maximum Gasteiger partial charge on any atom is 0.268 e. The summed E-state index contributed by atoms with van der Waals surface area (Å²) >= 11 is 0. The predicted octanol–water partition coefficient (Wildman–Crippen LogP) is 4.51. The van der Waals surface area contributed by atoms with E-state index in [1.165, 1.54) is 6.20 Å². The van der Waals surface area contributed by atoms with Crippen molar-refractivity contribution in [3.05, 3.63) is 39.9 Å². The Morgan fingerprint density at radius 3 is 2.72 bits per heavy atom. The van der Waals surface area contributed by atoms with Gasteiger partial charge in [-0.05, 0) is 50.0 Å². The van der Waals surface area contributed by atoms with E-state index in [0.717, 1.165) is 37.8 Å². The number of alkyl halides is 2. The van der Waals surface area contributed by atoms with Crippen molar-refractivity contribution in [1.29, 1.82) is 0 Å². The third-order valence-electron chi connectivity index (χ3n) is 6.82. The van der Waals surface area contributed by atoms with Crippen LogP contribution in [0.2, 0.25) is 0 Å². The molecule has 3 N–H and O–H groups in total. The van der Waals surface area contributed by atoms with Crippen LogP contribution < -0.4 is 11.2 Å². The molecule has 2 aromatic heterocycles. The van der Waals surface area contributed by atoms with Gasteiger partial charge in [0, 0.05) is 36.7 Å². The van der Waals surface area contributed by atoms with Gasteiger partial charge in [-0.1, -0.05) is 12.8 Å². The number of carbonyl (C=O) groups is 1. The van der Waals surface area contributed by atoms with Gasteiger partial charge in [0.05, 0.1) is 10.9 Å². The van der Waals surface area contributed by atoms with E-state index >= 15 is 0 Å². The molecule has 0 bridgehead atoms. The Hall–Kier alpha value is -2.31. The van der Waals surface area contributed by atoms with Crippen LogP contribution in [0.1, 0.15) is 79.9 Å². The molecular weight excluding hydrogens is 376 g/mol. The molecule has 3 atom stereocenters. The van der Waals surface area contributed by atoms with Gasteiger partial charge in [0.2, 0.25) is 5.92 Å². The normalized spacial score (nSPS) is 27.4. The van der Waals surface area contributed by atoms with Crippen LogP contribution >= 0.6 is 0 Å². The monoisotopic (exact) mass is 403 g/mol. The van der Waals surface area contributed by atoms with E-state index in [9.17, 15) is 18.4 Å². The summed E-state index contributed by atoms with van der Waals surface area (Å²) in [5.74, 6) is -2.59. The van der Waals surface area contributed by atoms with Crippen molar-refractivity contribution in [3.8, 4) is 0 Å². The minimum Gasteiger partial charge on any atom is -0.364 e. The van der Waals surface area contributed by atoms with Crippen molar-refractivity contribution in [3.63, 3.8) is 0 Å². The smallest absolute Gasteiger partial charge is 0.268 e. The molecule has 2 aromatic rings. The lowest BCUT2D eigenvalue weighted by Gasteiger charge is -2.37. The number of rotatable bonds is 3. The first-order chi connectivity index (χ1) is 13.9. The molecule has 0 spiro atoms. The SMILES string of the molecule is NC(=O)c1nccc2[nH]c(C3CCCC[C@@H]3[C@H]3CCCC(F)(F)CC3)cc(=O)c12. The Kier molecular flexibility index (Phi) is 5.40. The first-order valence-corrected chi connectivity index (χ1v) is 10.6. The van der Waals surface area contributed by atoms with Crippen molar-refractivity contribution >= 4 is 16.8 Å². The summed E-state index contributed by atoms with van der Waals surface area (Å²) in [4.78, 5) is 31.8. The second-order valence-electron chi connectivity index (χ2n) is 8.64. The Labute approximate surface area is 168 Å². The summed E-state index contributed by atoms with van der Waals surface area (Å²) in [5.41, 5.74) is 6.46. The number of nitrogens with one attached hydrogen (secondary N) is 1. The van der Waals surface area contributed by atoms with Crippen LogP contribution in [0.15, 0.2) is 23.1 Å². The number of aromatic nitrogens is 2. The van der Waals surface area contributed by atoms with E-state index < -0.39 is 11.8 Å². The van der Waals surface area contributed by atoms with Gasteiger partial charge in [-0.2, -0.15) is 0 Å². The van der Waals surface area contributed by atoms with Gasteiger partial charge in [-0.15, -0.1) is 0 Å². The molecule has 2 heterocycles. The molecule has 2 saturated carbocycles. The van der Waals surface area contributed by atoms with Crippen molar-refractivity contribution in [2.24, 2.45) is 17.6 Å². The number of nitrogens with zero attached hydrogens (tertiary/aromatic N) is 1. The summed E-state index contributed by atoms with van der Waals surface area (Å²) < 4.78 is 27.7. The number of primary amides is 1. The number of halogens is 2. The third kappa shape index (κ3) is 4.05. The van der Waals surface area contributed by atoms with Gasteiger partial charge in [0.15, 0.2) is 5.43 Å². The van der Waals surface area contributed by atoms with Gasteiger partial charge >= 0.3 is 0 Å². The Balaban J connectivity index is 1.69. The lowest BCUT2D eigenvalue weighted by molar-refractivity contribution is -0.0158. The van der Waals surface area contributed by atoms with Crippen LogP contribution in [0.3, 0.4) is 0 Å². The molecule has 0 aliphatic heterocycles. The predicted molar refractivity (Wildman–Crippen MR) is 107 cm³/mol. The minimum absolute atomic E-state index is 0.0173. The Bertz CT molecular complexity index is 972. The van der Waals surface area contributed by atoms with Crippen LogP contribution in [0, 0.1) is 11.8 Å². The molecule has 0 aromatic carbocycles. The highest BCUT2D eigenvalue weighted by Gasteiger charge is 2.38. The molecule has 7 heteroatoms. The summed E-state index contributed by atoms with van der Waals surface area (Å²) in [6.07, 6.45) is 7.44. The highest BCUT2D eigenvalue weighted by molar-refractivity contribution is 6.03. The van der Waals surface area contributed by atoms with E-state index in [1.54, 1.807) is 12.1 Å². The topological polar surface area (TPSA) is 88.8 Å².